The third-order valence-corrected chi connectivity index (χ3v) is 2.52. The van der Waals surface area contributed by atoms with Crippen LogP contribution in [0.1, 0.15) is 5.56 Å². The number of hydrogen-bond acceptors (Lipinski definition) is 3. The molecule has 112 valence electrons. The van der Waals surface area contributed by atoms with E-state index in [-0.39, 0.29) is 12.2 Å². The molecule has 8 heteroatoms. The van der Waals surface area contributed by atoms with Crippen molar-refractivity contribution < 1.29 is 28.2 Å². The van der Waals surface area contributed by atoms with Gasteiger partial charge in [0.25, 0.3) is 0 Å². The van der Waals surface area contributed by atoms with Crippen LogP contribution < -0.4 is 5.32 Å². The molecule has 0 spiro atoms. The fourth-order valence-electron chi connectivity index (χ4n) is 1.51. The fourth-order valence-corrected chi connectivity index (χ4v) is 1.51. The highest BCUT2D eigenvalue weighted by molar-refractivity contribution is 5.90. The number of amides is 2. The first-order valence-electron chi connectivity index (χ1n) is 5.73. The average Bonchev–Trinajstić information content (AvgIpc) is 2.37. The van der Waals surface area contributed by atoms with Crippen LogP contribution in [0.4, 0.5) is 23.7 Å². The molecule has 0 unspecified atom stereocenters. The van der Waals surface area contributed by atoms with Gasteiger partial charge in [0.1, 0.15) is 0 Å². The van der Waals surface area contributed by atoms with Gasteiger partial charge in [0.15, 0.2) is 0 Å². The third-order valence-electron chi connectivity index (χ3n) is 2.52. The van der Waals surface area contributed by atoms with Crippen LogP contribution in [0.3, 0.4) is 0 Å². The Kier molecular flexibility index (Phi) is 5.34. The number of benzene rings is 1. The summed E-state index contributed by atoms with van der Waals surface area (Å²) in [7, 11) is 1.30. The number of hydrogen-bond donors (Lipinski definition) is 3. The van der Waals surface area contributed by atoms with Gasteiger partial charge in [-0.05, 0) is 12.1 Å². The van der Waals surface area contributed by atoms with E-state index in [2.05, 4.69) is 5.32 Å². The Hall–Kier alpha value is -1.80. The second-order valence-electron chi connectivity index (χ2n) is 4.19. The summed E-state index contributed by atoms with van der Waals surface area (Å²) < 4.78 is 38.2. The highest BCUT2D eigenvalue weighted by atomic mass is 19.4. The first-order chi connectivity index (χ1) is 9.25. The van der Waals surface area contributed by atoms with Gasteiger partial charge >= 0.3 is 12.2 Å². The molecule has 1 rings (SSSR count). The zero-order chi connectivity index (χ0) is 15.3. The van der Waals surface area contributed by atoms with Gasteiger partial charge in [-0.25, -0.2) is 4.79 Å². The summed E-state index contributed by atoms with van der Waals surface area (Å²) in [5, 5.41) is 19.9. The van der Waals surface area contributed by atoms with Gasteiger partial charge in [0, 0.05) is 7.05 Å². The lowest BCUT2D eigenvalue weighted by Crippen LogP contribution is -2.38. The molecule has 5 nitrogen and oxygen atoms in total. The molecule has 1 aromatic carbocycles. The number of aliphatic hydroxyl groups excluding tert-OH is 2. The Morgan fingerprint density at radius 1 is 1.40 bits per heavy atom. The standard InChI is InChI=1S/C12H15F3N2O3/c1-17(6-8(19)7-18)11(20)16-10-5-3-2-4-9(10)12(13,14)15/h2-5,8,18-19H,6-7H2,1H3,(H,16,20)/t8-/m0/s1. The number of nitrogens with zero attached hydrogens (tertiary/aromatic N) is 1. The smallest absolute Gasteiger partial charge is 0.394 e. The molecule has 0 aromatic heterocycles. The van der Waals surface area contributed by atoms with Crippen molar-refractivity contribution >= 4 is 11.7 Å². The molecule has 1 aromatic rings. The van der Waals surface area contributed by atoms with Gasteiger partial charge in [-0.1, -0.05) is 12.1 Å². The largest absolute Gasteiger partial charge is 0.418 e. The number of para-hydroxylation sites is 1. The molecule has 2 amide bonds. The number of urea groups is 1. The maximum atomic E-state index is 12.7. The predicted octanol–water partition coefficient (Wildman–Crippen LogP) is 1.52. The van der Waals surface area contributed by atoms with Gasteiger partial charge in [-0.2, -0.15) is 13.2 Å². The van der Waals surface area contributed by atoms with E-state index in [0.717, 1.165) is 17.0 Å². The average molecular weight is 292 g/mol. The van der Waals surface area contributed by atoms with Crippen LogP contribution >= 0.6 is 0 Å². The van der Waals surface area contributed by atoms with Crippen LogP contribution in [0.15, 0.2) is 24.3 Å². The molecule has 0 aliphatic heterocycles. The van der Waals surface area contributed by atoms with Crippen LogP contribution in [0.5, 0.6) is 0 Å². The van der Waals surface area contributed by atoms with Crippen molar-refractivity contribution in [1.82, 2.24) is 4.90 Å². The van der Waals surface area contributed by atoms with Crippen LogP contribution in [-0.2, 0) is 6.18 Å². The Balaban J connectivity index is 2.81. The molecular weight excluding hydrogens is 277 g/mol. The van der Waals surface area contributed by atoms with E-state index >= 15 is 0 Å². The molecule has 0 aliphatic carbocycles. The van der Waals surface area contributed by atoms with Gasteiger partial charge in [-0.3, -0.25) is 0 Å². The highest BCUT2D eigenvalue weighted by Crippen LogP contribution is 2.34. The van der Waals surface area contributed by atoms with Crippen molar-refractivity contribution in [2.75, 3.05) is 25.5 Å². The molecule has 0 heterocycles. The highest BCUT2D eigenvalue weighted by Gasteiger charge is 2.33. The predicted molar refractivity (Wildman–Crippen MR) is 66.2 cm³/mol. The molecule has 0 radical (unpaired) electrons. The fraction of sp³-hybridized carbons (Fsp3) is 0.417. The van der Waals surface area contributed by atoms with Crippen molar-refractivity contribution in [2.45, 2.75) is 12.3 Å². The number of nitrogens with one attached hydrogen (secondary N) is 1. The topological polar surface area (TPSA) is 72.8 Å². The van der Waals surface area contributed by atoms with Gasteiger partial charge < -0.3 is 20.4 Å². The van der Waals surface area contributed by atoms with Crippen molar-refractivity contribution in [3.63, 3.8) is 0 Å². The minimum Gasteiger partial charge on any atom is -0.394 e. The van der Waals surface area contributed by atoms with E-state index in [1.165, 1.54) is 19.2 Å². The minimum absolute atomic E-state index is 0.198. The summed E-state index contributed by atoms with van der Waals surface area (Å²) in [6.07, 6.45) is -5.73. The Morgan fingerprint density at radius 2 is 2.00 bits per heavy atom. The van der Waals surface area contributed by atoms with Crippen molar-refractivity contribution in [3.05, 3.63) is 29.8 Å². The first-order valence-corrected chi connectivity index (χ1v) is 5.73. The van der Waals surface area contributed by atoms with Gasteiger partial charge in [0.2, 0.25) is 0 Å². The maximum Gasteiger partial charge on any atom is 0.418 e. The van der Waals surface area contributed by atoms with E-state index in [0.29, 0.717) is 0 Å². The van der Waals surface area contributed by atoms with Crippen LogP contribution in [-0.4, -0.2) is 47.4 Å². The van der Waals surface area contributed by atoms with Crippen molar-refractivity contribution in [2.24, 2.45) is 0 Å². The molecule has 0 saturated heterocycles. The minimum atomic E-state index is -4.58. The first kappa shape index (κ1) is 16.3. The van der Waals surface area contributed by atoms with E-state index in [1.54, 1.807) is 0 Å². The number of rotatable bonds is 4. The zero-order valence-corrected chi connectivity index (χ0v) is 10.7. The number of alkyl halides is 3. The Bertz CT molecular complexity index is 466. The van der Waals surface area contributed by atoms with E-state index in [4.69, 9.17) is 5.11 Å². The maximum absolute atomic E-state index is 12.7. The quantitative estimate of drug-likeness (QED) is 0.788. The molecular formula is C12H15F3N2O3. The van der Waals surface area contributed by atoms with Crippen LogP contribution in [0, 0.1) is 0 Å². The molecule has 0 bridgehead atoms. The van der Waals surface area contributed by atoms with E-state index < -0.39 is 30.5 Å². The molecule has 1 atom stereocenters. The summed E-state index contributed by atoms with van der Waals surface area (Å²) in [4.78, 5) is 12.7. The Morgan fingerprint density at radius 3 is 2.55 bits per heavy atom. The van der Waals surface area contributed by atoms with Crippen molar-refractivity contribution in [1.29, 1.82) is 0 Å². The molecule has 0 saturated carbocycles. The summed E-state index contributed by atoms with van der Waals surface area (Å²) in [5.41, 5.74) is -1.32. The lowest BCUT2D eigenvalue weighted by Gasteiger charge is -2.21. The summed E-state index contributed by atoms with van der Waals surface area (Å²) >= 11 is 0. The van der Waals surface area contributed by atoms with Crippen LogP contribution in [0.25, 0.3) is 0 Å². The summed E-state index contributed by atoms with van der Waals surface area (Å²) in [6, 6.07) is 3.77. The number of anilines is 1. The molecule has 3 N–H and O–H groups in total. The monoisotopic (exact) mass is 292 g/mol. The van der Waals surface area contributed by atoms with Crippen LogP contribution in [0.2, 0.25) is 0 Å². The molecule has 20 heavy (non-hydrogen) atoms. The molecule has 0 fully saturated rings. The number of carbonyl (C=O) groups is 1. The number of aliphatic hydroxyl groups is 2. The summed E-state index contributed by atoms with van der Waals surface area (Å²) in [6.45, 7) is -0.743. The Labute approximate surface area is 113 Å². The second-order valence-corrected chi connectivity index (χ2v) is 4.19. The lowest BCUT2D eigenvalue weighted by atomic mass is 10.1. The zero-order valence-electron chi connectivity index (χ0n) is 10.7. The number of likely N-dealkylation sites (N-methyl/N-ethyl adjacent to an activating group) is 1. The van der Waals surface area contributed by atoms with E-state index in [9.17, 15) is 23.1 Å². The van der Waals surface area contributed by atoms with Crippen molar-refractivity contribution in [3.8, 4) is 0 Å². The normalized spacial score (nSPS) is 12.9. The third kappa shape index (κ3) is 4.39. The SMILES string of the molecule is CN(C[C@H](O)CO)C(=O)Nc1ccccc1C(F)(F)F. The molecule has 0 aliphatic rings. The van der Waals surface area contributed by atoms with Gasteiger partial charge in [-0.15, -0.1) is 0 Å². The lowest BCUT2D eigenvalue weighted by molar-refractivity contribution is -0.136. The van der Waals surface area contributed by atoms with Gasteiger partial charge in [0.05, 0.1) is 30.5 Å². The number of halogens is 3. The number of carbonyl (C=O) groups excluding carboxylic acids is 1. The summed E-state index contributed by atoms with van der Waals surface area (Å²) in [5.74, 6) is 0. The second kappa shape index (κ2) is 6.58. The van der Waals surface area contributed by atoms with E-state index in [1.807, 2.05) is 0 Å².